The highest BCUT2D eigenvalue weighted by molar-refractivity contribution is 5.94. The highest BCUT2D eigenvalue weighted by Gasteiger charge is 2.07. The first kappa shape index (κ1) is 19.0. The first-order valence-electron chi connectivity index (χ1n) is 7.37. The highest BCUT2D eigenvalue weighted by atomic mass is 19.3. The highest BCUT2D eigenvalue weighted by Crippen LogP contribution is 2.17. The van der Waals surface area contributed by atoms with E-state index < -0.39 is 30.9 Å². The van der Waals surface area contributed by atoms with Gasteiger partial charge in [0.15, 0.2) is 6.61 Å². The number of amides is 1. The lowest BCUT2D eigenvalue weighted by atomic mass is 10.2. The van der Waals surface area contributed by atoms with Gasteiger partial charge in [0.05, 0.1) is 0 Å². The molecular formula is C18H14F3NO4. The molecule has 1 N–H and O–H groups in total. The number of hydrogen-bond donors (Lipinski definition) is 1. The van der Waals surface area contributed by atoms with Crippen molar-refractivity contribution in [3.05, 3.63) is 66.0 Å². The van der Waals surface area contributed by atoms with E-state index in [1.165, 1.54) is 48.5 Å². The fourth-order valence-corrected chi connectivity index (χ4v) is 1.88. The van der Waals surface area contributed by atoms with E-state index in [1.807, 2.05) is 0 Å². The molecule has 2 aromatic rings. The molecule has 1 amide bonds. The third-order valence-corrected chi connectivity index (χ3v) is 2.97. The molecule has 0 aliphatic carbocycles. The number of carbonyl (C=O) groups is 2. The summed E-state index contributed by atoms with van der Waals surface area (Å²) in [5, 5.41) is 2.43. The van der Waals surface area contributed by atoms with Crippen LogP contribution in [0.1, 0.15) is 5.56 Å². The van der Waals surface area contributed by atoms with Crippen LogP contribution in [0.4, 0.5) is 18.9 Å². The zero-order chi connectivity index (χ0) is 18.9. The minimum Gasteiger partial charge on any atom is -0.452 e. The maximum atomic E-state index is 13.0. The average molecular weight is 365 g/mol. The summed E-state index contributed by atoms with van der Waals surface area (Å²) in [5.41, 5.74) is 0.792. The summed E-state index contributed by atoms with van der Waals surface area (Å²) in [6, 6.07) is 10.8. The standard InChI is InChI=1S/C18H14F3NO4/c19-13-3-1-2-12(10-13)4-9-17(24)25-11-16(23)22-14-5-7-15(8-6-14)26-18(20)21/h1-10,18H,11H2,(H,22,23). The molecule has 136 valence electrons. The summed E-state index contributed by atoms with van der Waals surface area (Å²) in [7, 11) is 0. The molecule has 0 unspecified atom stereocenters. The average Bonchev–Trinajstić information content (AvgIpc) is 2.59. The SMILES string of the molecule is O=C(COC(=O)C=Cc1cccc(F)c1)Nc1ccc(OC(F)F)cc1. The minimum absolute atomic E-state index is 0.0492. The van der Waals surface area contributed by atoms with Crippen molar-refractivity contribution in [3.8, 4) is 5.75 Å². The molecule has 26 heavy (non-hydrogen) atoms. The molecule has 0 aliphatic rings. The molecule has 0 atom stereocenters. The monoisotopic (exact) mass is 365 g/mol. The third-order valence-electron chi connectivity index (χ3n) is 2.97. The van der Waals surface area contributed by atoms with Crippen LogP contribution in [0.3, 0.4) is 0 Å². The Morgan fingerprint density at radius 1 is 1.12 bits per heavy atom. The number of halogens is 3. The third kappa shape index (κ3) is 6.68. The van der Waals surface area contributed by atoms with Crippen LogP contribution in [0.2, 0.25) is 0 Å². The first-order valence-corrected chi connectivity index (χ1v) is 7.37. The van der Waals surface area contributed by atoms with Gasteiger partial charge in [-0.15, -0.1) is 0 Å². The van der Waals surface area contributed by atoms with Crippen LogP contribution in [-0.2, 0) is 14.3 Å². The van der Waals surface area contributed by atoms with Gasteiger partial charge in [0.2, 0.25) is 0 Å². The van der Waals surface area contributed by atoms with Crippen molar-refractivity contribution in [1.29, 1.82) is 0 Å². The van der Waals surface area contributed by atoms with Crippen LogP contribution in [0, 0.1) is 5.82 Å². The number of anilines is 1. The van der Waals surface area contributed by atoms with Crippen LogP contribution < -0.4 is 10.1 Å². The second-order valence-electron chi connectivity index (χ2n) is 4.95. The fourth-order valence-electron chi connectivity index (χ4n) is 1.88. The number of hydrogen-bond acceptors (Lipinski definition) is 4. The molecule has 2 aromatic carbocycles. The number of alkyl halides is 2. The molecule has 5 nitrogen and oxygen atoms in total. The van der Waals surface area contributed by atoms with Gasteiger partial charge in [0.1, 0.15) is 11.6 Å². The van der Waals surface area contributed by atoms with Crippen LogP contribution in [0.5, 0.6) is 5.75 Å². The lowest BCUT2D eigenvalue weighted by Gasteiger charge is -2.07. The zero-order valence-electron chi connectivity index (χ0n) is 13.3. The summed E-state index contributed by atoms with van der Waals surface area (Å²) >= 11 is 0. The number of esters is 1. The van der Waals surface area contributed by atoms with Gasteiger partial charge in [0.25, 0.3) is 5.91 Å². The normalized spacial score (nSPS) is 10.8. The Morgan fingerprint density at radius 2 is 1.85 bits per heavy atom. The number of nitrogens with one attached hydrogen (secondary N) is 1. The zero-order valence-corrected chi connectivity index (χ0v) is 13.3. The van der Waals surface area contributed by atoms with Gasteiger partial charge in [0, 0.05) is 11.8 Å². The Balaban J connectivity index is 1.78. The molecule has 8 heteroatoms. The van der Waals surface area contributed by atoms with Crippen LogP contribution in [-0.4, -0.2) is 25.1 Å². The van der Waals surface area contributed by atoms with Crippen molar-refractivity contribution in [2.24, 2.45) is 0 Å². The van der Waals surface area contributed by atoms with Crippen molar-refractivity contribution >= 4 is 23.6 Å². The summed E-state index contributed by atoms with van der Waals surface area (Å²) in [5.74, 6) is -1.87. The second-order valence-corrected chi connectivity index (χ2v) is 4.95. The molecule has 0 fully saturated rings. The van der Waals surface area contributed by atoms with Crippen molar-refractivity contribution in [1.82, 2.24) is 0 Å². The summed E-state index contributed by atoms with van der Waals surface area (Å²) < 4.78 is 46.0. The van der Waals surface area contributed by atoms with E-state index >= 15 is 0 Å². The quantitative estimate of drug-likeness (QED) is 0.601. The molecule has 0 radical (unpaired) electrons. The maximum absolute atomic E-state index is 13.0. The van der Waals surface area contributed by atoms with Gasteiger partial charge in [-0.25, -0.2) is 9.18 Å². The first-order chi connectivity index (χ1) is 12.4. The van der Waals surface area contributed by atoms with Gasteiger partial charge < -0.3 is 14.8 Å². The Morgan fingerprint density at radius 3 is 2.50 bits per heavy atom. The van der Waals surface area contributed by atoms with Gasteiger partial charge in [-0.3, -0.25) is 4.79 Å². The van der Waals surface area contributed by atoms with Gasteiger partial charge in [-0.1, -0.05) is 12.1 Å². The molecular weight excluding hydrogens is 351 g/mol. The smallest absolute Gasteiger partial charge is 0.387 e. The number of carbonyl (C=O) groups excluding carboxylic acids is 2. The second kappa shape index (κ2) is 9.26. The molecule has 0 heterocycles. The Bertz CT molecular complexity index is 791. The topological polar surface area (TPSA) is 64.6 Å². The Labute approximate surface area is 147 Å². The van der Waals surface area contributed by atoms with Gasteiger partial charge in [-0.05, 0) is 48.0 Å². The molecule has 0 aromatic heterocycles. The van der Waals surface area contributed by atoms with Crippen LogP contribution in [0.15, 0.2) is 54.6 Å². The summed E-state index contributed by atoms with van der Waals surface area (Å²) in [6.07, 6.45) is 2.42. The van der Waals surface area contributed by atoms with Gasteiger partial charge in [-0.2, -0.15) is 8.78 Å². The van der Waals surface area contributed by atoms with E-state index in [0.29, 0.717) is 11.3 Å². The van der Waals surface area contributed by atoms with E-state index in [4.69, 9.17) is 4.74 Å². The van der Waals surface area contributed by atoms with E-state index in [0.717, 1.165) is 6.08 Å². The summed E-state index contributed by atoms with van der Waals surface area (Å²) in [4.78, 5) is 23.2. The van der Waals surface area contributed by atoms with E-state index in [2.05, 4.69) is 10.1 Å². The van der Waals surface area contributed by atoms with Gasteiger partial charge >= 0.3 is 12.6 Å². The minimum atomic E-state index is -2.93. The van der Waals surface area contributed by atoms with Crippen LogP contribution >= 0.6 is 0 Å². The Hall–Kier alpha value is -3.29. The maximum Gasteiger partial charge on any atom is 0.387 e. The van der Waals surface area contributed by atoms with Crippen molar-refractivity contribution in [2.75, 3.05) is 11.9 Å². The molecule has 0 saturated heterocycles. The lowest BCUT2D eigenvalue weighted by molar-refractivity contribution is -0.142. The van der Waals surface area contributed by atoms with Crippen LogP contribution in [0.25, 0.3) is 6.08 Å². The van der Waals surface area contributed by atoms with Crippen molar-refractivity contribution in [2.45, 2.75) is 6.61 Å². The Kier molecular flexibility index (Phi) is 6.78. The predicted molar refractivity (Wildman–Crippen MR) is 88.1 cm³/mol. The molecule has 2 rings (SSSR count). The number of benzene rings is 2. The predicted octanol–water partition coefficient (Wildman–Crippen LogP) is 3.62. The molecule has 0 bridgehead atoms. The van der Waals surface area contributed by atoms with E-state index in [-0.39, 0.29) is 5.75 Å². The molecule has 0 aliphatic heterocycles. The molecule has 0 spiro atoms. The molecule has 0 saturated carbocycles. The van der Waals surface area contributed by atoms with E-state index in [1.54, 1.807) is 6.07 Å². The number of ether oxygens (including phenoxy) is 2. The largest absolute Gasteiger partial charge is 0.452 e. The van der Waals surface area contributed by atoms with E-state index in [9.17, 15) is 22.8 Å². The fraction of sp³-hybridized carbons (Fsp3) is 0.111. The summed E-state index contributed by atoms with van der Waals surface area (Å²) in [6.45, 7) is -3.47. The van der Waals surface area contributed by atoms with Crippen molar-refractivity contribution in [3.63, 3.8) is 0 Å². The lowest BCUT2D eigenvalue weighted by Crippen LogP contribution is -2.20. The number of rotatable bonds is 7. The van der Waals surface area contributed by atoms with Crippen molar-refractivity contribution < 1.29 is 32.2 Å².